The lowest BCUT2D eigenvalue weighted by Crippen LogP contribution is -2.19. The molecule has 2 aromatic rings. The zero-order valence-corrected chi connectivity index (χ0v) is 12.5. The highest BCUT2D eigenvalue weighted by molar-refractivity contribution is 14.1. The van der Waals surface area contributed by atoms with Crippen LogP contribution < -0.4 is 11.1 Å². The van der Waals surface area contributed by atoms with Gasteiger partial charge in [0, 0.05) is 9.13 Å². The minimum Gasteiger partial charge on any atom is -0.409 e. The number of halogens is 1. The van der Waals surface area contributed by atoms with E-state index in [0.29, 0.717) is 16.8 Å². The van der Waals surface area contributed by atoms with Gasteiger partial charge in [-0.2, -0.15) is 0 Å². The van der Waals surface area contributed by atoms with E-state index in [-0.39, 0.29) is 11.7 Å². The van der Waals surface area contributed by atoms with Crippen molar-refractivity contribution in [3.8, 4) is 0 Å². The molecule has 4 N–H and O–H groups in total. The summed E-state index contributed by atoms with van der Waals surface area (Å²) in [6.45, 7) is 0. The lowest BCUT2D eigenvalue weighted by molar-refractivity contribution is 0.102. The third-order valence-electron chi connectivity index (χ3n) is 2.68. The van der Waals surface area contributed by atoms with Gasteiger partial charge in [-0.15, -0.1) is 0 Å². The van der Waals surface area contributed by atoms with Gasteiger partial charge in [-0.25, -0.2) is 0 Å². The van der Waals surface area contributed by atoms with Gasteiger partial charge in [0.25, 0.3) is 5.91 Å². The number of anilines is 1. The number of hydrogen-bond acceptors (Lipinski definition) is 3. The van der Waals surface area contributed by atoms with Crippen LogP contribution in [0.4, 0.5) is 5.69 Å². The number of amidine groups is 1. The summed E-state index contributed by atoms with van der Waals surface area (Å²) in [5, 5.41) is 14.5. The van der Waals surface area contributed by atoms with Crippen LogP contribution in [0.25, 0.3) is 0 Å². The van der Waals surface area contributed by atoms with Crippen LogP contribution in [0.2, 0.25) is 0 Å². The van der Waals surface area contributed by atoms with E-state index in [2.05, 4.69) is 33.1 Å². The fourth-order valence-electron chi connectivity index (χ4n) is 1.70. The first kappa shape index (κ1) is 14.3. The second-order valence-electron chi connectivity index (χ2n) is 3.96. The predicted molar refractivity (Wildman–Crippen MR) is 86.1 cm³/mol. The molecule has 0 aliphatic carbocycles. The van der Waals surface area contributed by atoms with E-state index in [4.69, 9.17) is 10.9 Å². The molecule has 0 atom stereocenters. The minimum absolute atomic E-state index is 0.0522. The van der Waals surface area contributed by atoms with Crippen LogP contribution in [-0.4, -0.2) is 17.0 Å². The lowest BCUT2D eigenvalue weighted by Gasteiger charge is -2.10. The van der Waals surface area contributed by atoms with E-state index in [1.54, 1.807) is 36.4 Å². The first-order chi connectivity index (χ1) is 9.63. The van der Waals surface area contributed by atoms with Gasteiger partial charge in [0.2, 0.25) is 0 Å². The summed E-state index contributed by atoms with van der Waals surface area (Å²) in [5.74, 6) is -0.295. The van der Waals surface area contributed by atoms with Crippen molar-refractivity contribution >= 4 is 40.0 Å². The lowest BCUT2D eigenvalue weighted by atomic mass is 10.1. The Morgan fingerprint density at radius 1 is 1.10 bits per heavy atom. The topological polar surface area (TPSA) is 87.7 Å². The summed E-state index contributed by atoms with van der Waals surface area (Å²) in [5.41, 5.74) is 7.12. The Labute approximate surface area is 129 Å². The van der Waals surface area contributed by atoms with Gasteiger partial charge in [0.05, 0.1) is 11.3 Å². The zero-order chi connectivity index (χ0) is 14.5. The predicted octanol–water partition coefficient (Wildman–Crippen LogP) is 2.64. The molecule has 6 heteroatoms. The number of para-hydroxylation sites is 1. The van der Waals surface area contributed by atoms with Crippen LogP contribution in [0.3, 0.4) is 0 Å². The molecule has 2 rings (SSSR count). The number of nitrogens with zero attached hydrogens (tertiary/aromatic N) is 1. The maximum Gasteiger partial charge on any atom is 0.256 e. The van der Waals surface area contributed by atoms with Crippen molar-refractivity contribution in [2.45, 2.75) is 0 Å². The summed E-state index contributed by atoms with van der Waals surface area (Å²) < 4.78 is 0.851. The van der Waals surface area contributed by atoms with Crippen molar-refractivity contribution in [1.29, 1.82) is 0 Å². The van der Waals surface area contributed by atoms with Crippen molar-refractivity contribution in [1.82, 2.24) is 0 Å². The van der Waals surface area contributed by atoms with Crippen LogP contribution in [0, 0.1) is 3.57 Å². The fourth-order valence-corrected chi connectivity index (χ4v) is 2.34. The van der Waals surface area contributed by atoms with Crippen LogP contribution in [0.1, 0.15) is 15.9 Å². The van der Waals surface area contributed by atoms with E-state index in [1.807, 2.05) is 12.1 Å². The van der Waals surface area contributed by atoms with E-state index < -0.39 is 0 Å². The van der Waals surface area contributed by atoms with Crippen LogP contribution in [-0.2, 0) is 0 Å². The quantitative estimate of drug-likeness (QED) is 0.251. The van der Waals surface area contributed by atoms with Crippen molar-refractivity contribution < 1.29 is 10.0 Å². The molecule has 0 spiro atoms. The summed E-state index contributed by atoms with van der Waals surface area (Å²) in [6.07, 6.45) is 0. The van der Waals surface area contributed by atoms with Gasteiger partial charge in [-0.05, 0) is 46.9 Å². The molecule has 5 nitrogen and oxygen atoms in total. The molecule has 0 fully saturated rings. The maximum atomic E-state index is 12.2. The Kier molecular flexibility index (Phi) is 4.57. The molecule has 0 saturated heterocycles. The number of oxime groups is 1. The van der Waals surface area contributed by atoms with E-state index in [1.165, 1.54) is 0 Å². The Bertz CT molecular complexity index is 671. The molecule has 0 saturated carbocycles. The number of amides is 1. The molecular formula is C14H12IN3O2. The molecule has 0 aliphatic heterocycles. The Morgan fingerprint density at radius 2 is 1.70 bits per heavy atom. The van der Waals surface area contributed by atoms with Crippen molar-refractivity contribution in [3.05, 3.63) is 63.2 Å². The first-order valence-electron chi connectivity index (χ1n) is 5.76. The Morgan fingerprint density at radius 3 is 2.35 bits per heavy atom. The largest absolute Gasteiger partial charge is 0.409 e. The summed E-state index contributed by atoms with van der Waals surface area (Å²) in [6, 6.07) is 14.1. The van der Waals surface area contributed by atoms with Crippen molar-refractivity contribution in [2.24, 2.45) is 10.9 Å². The second-order valence-corrected chi connectivity index (χ2v) is 5.13. The number of rotatable bonds is 3. The fraction of sp³-hybridized carbons (Fsp3) is 0. The minimum atomic E-state index is -0.242. The summed E-state index contributed by atoms with van der Waals surface area (Å²) in [7, 11) is 0. The molecule has 2 aromatic carbocycles. The molecule has 0 aliphatic rings. The second kappa shape index (κ2) is 6.38. The van der Waals surface area contributed by atoms with Gasteiger partial charge >= 0.3 is 0 Å². The summed E-state index contributed by atoms with van der Waals surface area (Å²) in [4.78, 5) is 12.2. The third kappa shape index (κ3) is 3.08. The average Bonchev–Trinajstić information content (AvgIpc) is 2.47. The number of nitrogens with two attached hydrogens (primary N) is 1. The smallest absolute Gasteiger partial charge is 0.256 e. The number of hydrogen-bond donors (Lipinski definition) is 3. The summed E-state index contributed by atoms with van der Waals surface area (Å²) >= 11 is 2.10. The highest BCUT2D eigenvalue weighted by Gasteiger charge is 2.13. The molecule has 0 unspecified atom stereocenters. The number of carbonyl (C=O) groups excluding carboxylic acids is 1. The Hall–Kier alpha value is -2.09. The third-order valence-corrected chi connectivity index (χ3v) is 3.62. The molecular weight excluding hydrogens is 369 g/mol. The van der Waals surface area contributed by atoms with Gasteiger partial charge in [-0.1, -0.05) is 29.4 Å². The van der Waals surface area contributed by atoms with Crippen LogP contribution >= 0.6 is 22.6 Å². The highest BCUT2D eigenvalue weighted by atomic mass is 127. The van der Waals surface area contributed by atoms with Gasteiger partial charge in [0.15, 0.2) is 5.84 Å². The van der Waals surface area contributed by atoms with Gasteiger partial charge in [-0.3, -0.25) is 4.79 Å². The molecule has 0 bridgehead atoms. The average molecular weight is 381 g/mol. The van der Waals surface area contributed by atoms with Crippen molar-refractivity contribution in [3.63, 3.8) is 0 Å². The molecule has 0 heterocycles. The van der Waals surface area contributed by atoms with Gasteiger partial charge in [0.1, 0.15) is 0 Å². The van der Waals surface area contributed by atoms with Crippen molar-refractivity contribution in [2.75, 3.05) is 5.32 Å². The Balaban J connectivity index is 2.32. The monoisotopic (exact) mass is 381 g/mol. The van der Waals surface area contributed by atoms with E-state index >= 15 is 0 Å². The highest BCUT2D eigenvalue weighted by Crippen LogP contribution is 2.18. The number of carbonyl (C=O) groups is 1. The van der Waals surface area contributed by atoms with Crippen LogP contribution in [0.5, 0.6) is 0 Å². The van der Waals surface area contributed by atoms with Crippen LogP contribution in [0.15, 0.2) is 53.7 Å². The SMILES string of the molecule is N/C(=N/O)c1ccccc1NC(=O)c1ccccc1I. The molecule has 1 amide bonds. The van der Waals surface area contributed by atoms with E-state index in [0.717, 1.165) is 3.57 Å². The zero-order valence-electron chi connectivity index (χ0n) is 10.4. The standard InChI is InChI=1S/C14H12IN3O2/c15-11-7-3-1-5-9(11)14(19)17-12-8-4-2-6-10(12)13(16)18-20/h1-8,20H,(H2,16,18)(H,17,19). The van der Waals surface area contributed by atoms with Gasteiger partial charge < -0.3 is 16.3 Å². The molecule has 0 aromatic heterocycles. The molecule has 0 radical (unpaired) electrons. The molecule has 20 heavy (non-hydrogen) atoms. The normalized spacial score (nSPS) is 11.2. The maximum absolute atomic E-state index is 12.2. The number of nitrogens with one attached hydrogen (secondary N) is 1. The van der Waals surface area contributed by atoms with E-state index in [9.17, 15) is 4.79 Å². The number of benzene rings is 2. The first-order valence-corrected chi connectivity index (χ1v) is 6.84. The molecule has 102 valence electrons.